The van der Waals surface area contributed by atoms with E-state index in [1.54, 1.807) is 12.1 Å². The van der Waals surface area contributed by atoms with Crippen molar-refractivity contribution in [1.82, 2.24) is 5.32 Å². The Kier molecular flexibility index (Phi) is 3.74. The Morgan fingerprint density at radius 1 is 1.11 bits per heavy atom. The summed E-state index contributed by atoms with van der Waals surface area (Å²) in [6.45, 7) is 2.95. The zero-order valence-corrected chi connectivity index (χ0v) is 11.7. The van der Waals surface area contributed by atoms with E-state index in [0.717, 1.165) is 42.7 Å². The Labute approximate surface area is 115 Å². The average Bonchev–Trinajstić information content (AvgIpc) is 3.22. The monoisotopic (exact) mass is 262 g/mol. The van der Waals surface area contributed by atoms with Crippen LogP contribution in [0.1, 0.15) is 31.2 Å². The molecule has 19 heavy (non-hydrogen) atoms. The maximum Gasteiger partial charge on any atom is 0.125 e. The van der Waals surface area contributed by atoms with Crippen molar-refractivity contribution in [3.63, 3.8) is 0 Å². The maximum absolute atomic E-state index is 13.8. The molecule has 2 fully saturated rings. The Balaban J connectivity index is 1.77. The van der Waals surface area contributed by atoms with Crippen LogP contribution < -0.4 is 10.2 Å². The highest BCUT2D eigenvalue weighted by Crippen LogP contribution is 2.36. The van der Waals surface area contributed by atoms with Gasteiger partial charge in [-0.1, -0.05) is 0 Å². The van der Waals surface area contributed by atoms with Crippen molar-refractivity contribution in [3.05, 3.63) is 29.6 Å². The zero-order valence-electron chi connectivity index (χ0n) is 11.7. The van der Waals surface area contributed by atoms with E-state index in [1.165, 1.54) is 25.7 Å². The highest BCUT2D eigenvalue weighted by atomic mass is 19.1. The van der Waals surface area contributed by atoms with Gasteiger partial charge in [0.25, 0.3) is 0 Å². The summed E-state index contributed by atoms with van der Waals surface area (Å²) >= 11 is 0. The van der Waals surface area contributed by atoms with Crippen LogP contribution in [0.3, 0.4) is 0 Å². The van der Waals surface area contributed by atoms with Gasteiger partial charge in [0.2, 0.25) is 0 Å². The predicted octanol–water partition coefficient (Wildman–Crippen LogP) is 3.17. The van der Waals surface area contributed by atoms with Crippen molar-refractivity contribution in [1.29, 1.82) is 0 Å². The number of hydrogen-bond donors (Lipinski definition) is 1. The van der Waals surface area contributed by atoms with Crippen LogP contribution in [0.15, 0.2) is 18.2 Å². The van der Waals surface area contributed by atoms with Crippen LogP contribution in [-0.4, -0.2) is 20.1 Å². The number of benzene rings is 1. The smallest absolute Gasteiger partial charge is 0.125 e. The Hall–Kier alpha value is -1.09. The largest absolute Gasteiger partial charge is 0.371 e. The molecule has 2 saturated carbocycles. The summed E-state index contributed by atoms with van der Waals surface area (Å²) in [5, 5.41) is 3.10. The van der Waals surface area contributed by atoms with Crippen LogP contribution in [0, 0.1) is 17.7 Å². The minimum Gasteiger partial charge on any atom is -0.371 e. The number of nitrogens with one attached hydrogen (secondary N) is 1. The van der Waals surface area contributed by atoms with E-state index in [9.17, 15) is 4.39 Å². The Morgan fingerprint density at radius 3 is 2.26 bits per heavy atom. The quantitative estimate of drug-likeness (QED) is 0.812. The molecule has 0 radical (unpaired) electrons. The number of hydrogen-bond acceptors (Lipinski definition) is 2. The molecule has 2 nitrogen and oxygen atoms in total. The summed E-state index contributed by atoms with van der Waals surface area (Å²) in [5.41, 5.74) is 2.11. The summed E-state index contributed by atoms with van der Waals surface area (Å²) in [4.78, 5) is 2.41. The lowest BCUT2D eigenvalue weighted by molar-refractivity contribution is 0.618. The van der Waals surface area contributed by atoms with Gasteiger partial charge < -0.3 is 10.2 Å². The van der Waals surface area contributed by atoms with Gasteiger partial charge in [-0.2, -0.15) is 0 Å². The topological polar surface area (TPSA) is 15.3 Å². The third kappa shape index (κ3) is 3.69. The van der Waals surface area contributed by atoms with Crippen LogP contribution in [-0.2, 0) is 6.54 Å². The minimum absolute atomic E-state index is 0.112. The van der Waals surface area contributed by atoms with Crippen molar-refractivity contribution < 1.29 is 4.39 Å². The Bertz CT molecular complexity index is 424. The number of nitrogens with zero attached hydrogens (tertiary/aromatic N) is 1. The zero-order chi connectivity index (χ0) is 13.2. The third-order valence-corrected chi connectivity index (χ3v) is 4.04. The second kappa shape index (κ2) is 5.49. The van der Waals surface area contributed by atoms with Gasteiger partial charge in [0, 0.05) is 25.3 Å². The molecule has 0 spiro atoms. The van der Waals surface area contributed by atoms with Gasteiger partial charge in [0.05, 0.1) is 0 Å². The summed E-state index contributed by atoms with van der Waals surface area (Å²) in [6.07, 6.45) is 5.39. The van der Waals surface area contributed by atoms with Gasteiger partial charge >= 0.3 is 0 Å². The van der Waals surface area contributed by atoms with E-state index < -0.39 is 0 Å². The molecular formula is C16H23FN2. The first-order chi connectivity index (χ1) is 9.24. The first-order valence-electron chi connectivity index (χ1n) is 7.43. The van der Waals surface area contributed by atoms with Crippen molar-refractivity contribution in [2.75, 3.05) is 25.0 Å². The van der Waals surface area contributed by atoms with E-state index in [4.69, 9.17) is 0 Å². The molecule has 2 aliphatic carbocycles. The lowest BCUT2D eigenvalue weighted by Gasteiger charge is -2.25. The highest BCUT2D eigenvalue weighted by molar-refractivity contribution is 5.49. The summed E-state index contributed by atoms with van der Waals surface area (Å²) in [6, 6.07) is 5.47. The van der Waals surface area contributed by atoms with Crippen LogP contribution >= 0.6 is 0 Å². The van der Waals surface area contributed by atoms with Gasteiger partial charge in [-0.25, -0.2) is 4.39 Å². The molecule has 1 N–H and O–H groups in total. The summed E-state index contributed by atoms with van der Waals surface area (Å²) in [5.74, 6) is 1.57. The molecule has 0 bridgehead atoms. The minimum atomic E-state index is -0.112. The molecule has 0 aromatic heterocycles. The molecule has 3 rings (SSSR count). The average molecular weight is 262 g/mol. The van der Waals surface area contributed by atoms with Gasteiger partial charge in [-0.3, -0.25) is 0 Å². The predicted molar refractivity (Wildman–Crippen MR) is 76.8 cm³/mol. The van der Waals surface area contributed by atoms with E-state index in [2.05, 4.69) is 16.3 Å². The van der Waals surface area contributed by atoms with Crippen LogP contribution in [0.2, 0.25) is 0 Å². The number of halogens is 1. The first-order valence-corrected chi connectivity index (χ1v) is 7.43. The number of anilines is 1. The number of rotatable bonds is 7. The van der Waals surface area contributed by atoms with Crippen molar-refractivity contribution in [2.45, 2.75) is 32.2 Å². The first kappa shape index (κ1) is 12.9. The summed E-state index contributed by atoms with van der Waals surface area (Å²) in [7, 11) is 1.90. The molecule has 0 saturated heterocycles. The van der Waals surface area contributed by atoms with Gasteiger partial charge in [-0.05, 0) is 68.3 Å². The van der Waals surface area contributed by atoms with E-state index in [0.29, 0.717) is 0 Å². The molecule has 2 aliphatic rings. The second-order valence-electron chi connectivity index (χ2n) is 6.14. The maximum atomic E-state index is 13.8. The fourth-order valence-corrected chi connectivity index (χ4v) is 2.63. The van der Waals surface area contributed by atoms with Crippen LogP contribution in [0.25, 0.3) is 0 Å². The lowest BCUT2D eigenvalue weighted by Crippen LogP contribution is -2.28. The molecule has 0 unspecified atom stereocenters. The SMILES string of the molecule is CNCc1cc(F)cc(N(CC2CC2)CC2CC2)c1. The van der Waals surface area contributed by atoms with Crippen LogP contribution in [0.5, 0.6) is 0 Å². The third-order valence-electron chi connectivity index (χ3n) is 4.04. The molecule has 1 aromatic carbocycles. The molecule has 0 amide bonds. The molecular weight excluding hydrogens is 239 g/mol. The van der Waals surface area contributed by atoms with E-state index in [-0.39, 0.29) is 5.82 Å². The van der Waals surface area contributed by atoms with Gasteiger partial charge in [0.15, 0.2) is 0 Å². The van der Waals surface area contributed by atoms with E-state index >= 15 is 0 Å². The van der Waals surface area contributed by atoms with Crippen molar-refractivity contribution in [2.24, 2.45) is 11.8 Å². The highest BCUT2D eigenvalue weighted by Gasteiger charge is 2.29. The second-order valence-corrected chi connectivity index (χ2v) is 6.14. The van der Waals surface area contributed by atoms with Crippen molar-refractivity contribution >= 4 is 5.69 Å². The van der Waals surface area contributed by atoms with Crippen molar-refractivity contribution in [3.8, 4) is 0 Å². The standard InChI is InChI=1S/C16H23FN2/c1-18-9-14-6-15(17)8-16(7-14)19(10-12-2-3-12)11-13-4-5-13/h6-8,12-13,18H,2-5,9-11H2,1H3. The normalized spacial score (nSPS) is 18.6. The molecule has 3 heteroatoms. The Morgan fingerprint density at radius 2 is 1.74 bits per heavy atom. The van der Waals surface area contributed by atoms with Crippen LogP contribution in [0.4, 0.5) is 10.1 Å². The lowest BCUT2D eigenvalue weighted by atomic mass is 10.1. The molecule has 0 heterocycles. The fourth-order valence-electron chi connectivity index (χ4n) is 2.63. The van der Waals surface area contributed by atoms with Gasteiger partial charge in [0.1, 0.15) is 5.82 Å². The van der Waals surface area contributed by atoms with E-state index in [1.807, 2.05) is 7.05 Å². The molecule has 0 atom stereocenters. The van der Waals surface area contributed by atoms with Gasteiger partial charge in [-0.15, -0.1) is 0 Å². The molecule has 1 aromatic rings. The molecule has 104 valence electrons. The fraction of sp³-hybridized carbons (Fsp3) is 0.625. The summed E-state index contributed by atoms with van der Waals surface area (Å²) < 4.78 is 13.8. The molecule has 0 aliphatic heterocycles.